The van der Waals surface area contributed by atoms with E-state index in [-0.39, 0.29) is 0 Å². The Hall–Kier alpha value is -0.750. The molecular formula is C9H7Cl. The van der Waals surface area contributed by atoms with E-state index in [1.54, 1.807) is 0 Å². The summed E-state index contributed by atoms with van der Waals surface area (Å²) in [4.78, 5) is 0. The molecule has 0 saturated carbocycles. The molecule has 0 N–H and O–H groups in total. The van der Waals surface area contributed by atoms with Crippen LogP contribution in [0.15, 0.2) is 18.2 Å². The van der Waals surface area contributed by atoms with Gasteiger partial charge in [0.2, 0.25) is 0 Å². The van der Waals surface area contributed by atoms with Gasteiger partial charge in [-0.25, -0.2) is 0 Å². The third kappa shape index (κ3) is 0.764. The van der Waals surface area contributed by atoms with Gasteiger partial charge in [-0.2, -0.15) is 0 Å². The molecule has 1 aromatic rings. The third-order valence-electron chi connectivity index (χ3n) is 1.75. The highest BCUT2D eigenvalue weighted by Gasteiger charge is 1.95. The molecule has 10 heavy (non-hydrogen) atoms. The minimum absolute atomic E-state index is 0.867. The molecule has 0 aromatic heterocycles. The van der Waals surface area contributed by atoms with Gasteiger partial charge in [0.15, 0.2) is 0 Å². The number of hydrogen-bond donors (Lipinski definition) is 0. The zero-order valence-electron chi connectivity index (χ0n) is 5.47. The Bertz CT molecular complexity index is 363. The summed E-state index contributed by atoms with van der Waals surface area (Å²) in [5.41, 5.74) is 0. The summed E-state index contributed by atoms with van der Waals surface area (Å²) >= 11 is 5.92. The molecule has 0 nitrogen and oxygen atoms in total. The second-order valence-electron chi connectivity index (χ2n) is 2.39. The van der Waals surface area contributed by atoms with Gasteiger partial charge in [0.1, 0.15) is 0 Å². The molecule has 0 amide bonds. The molecule has 0 radical (unpaired) electrons. The van der Waals surface area contributed by atoms with Crippen molar-refractivity contribution < 1.29 is 0 Å². The number of hydrogen-bond acceptors (Lipinski definition) is 0. The fourth-order valence-electron chi connectivity index (χ4n) is 1.25. The van der Waals surface area contributed by atoms with Gasteiger partial charge in [0.05, 0.1) is 0 Å². The van der Waals surface area contributed by atoms with Crippen LogP contribution in [0.2, 0.25) is 5.02 Å². The molecule has 0 aliphatic heterocycles. The van der Waals surface area contributed by atoms with E-state index in [0.29, 0.717) is 0 Å². The standard InChI is InChI=1S/C9H7Cl/c10-9-6-2-4-7-3-1-5-8(7)9/h2-6H,1H2. The Morgan fingerprint density at radius 1 is 1.20 bits per heavy atom. The lowest BCUT2D eigenvalue weighted by atomic mass is 10.3. The first-order valence-electron chi connectivity index (χ1n) is 3.33. The first-order valence-corrected chi connectivity index (χ1v) is 3.70. The van der Waals surface area contributed by atoms with Crippen molar-refractivity contribution >= 4 is 23.8 Å². The van der Waals surface area contributed by atoms with Crippen molar-refractivity contribution in [2.75, 3.05) is 0 Å². The van der Waals surface area contributed by atoms with Crippen molar-refractivity contribution in [1.82, 2.24) is 0 Å². The van der Waals surface area contributed by atoms with Crippen LogP contribution in [-0.4, -0.2) is 0 Å². The second kappa shape index (κ2) is 2.14. The number of benzene rings is 1. The Kier molecular flexibility index (Phi) is 1.28. The Morgan fingerprint density at radius 3 is 2.90 bits per heavy atom. The topological polar surface area (TPSA) is 0 Å². The lowest BCUT2D eigenvalue weighted by molar-refractivity contribution is 1.55. The summed E-state index contributed by atoms with van der Waals surface area (Å²) in [5, 5.41) is 3.34. The first-order chi connectivity index (χ1) is 4.88. The van der Waals surface area contributed by atoms with Crippen LogP contribution in [0, 0.1) is 0 Å². The zero-order chi connectivity index (χ0) is 6.97. The fraction of sp³-hybridized carbons (Fsp3) is 0.111. The summed E-state index contributed by atoms with van der Waals surface area (Å²) in [6, 6.07) is 6.00. The van der Waals surface area contributed by atoms with Crippen molar-refractivity contribution in [3.8, 4) is 0 Å². The van der Waals surface area contributed by atoms with Crippen LogP contribution in [0.1, 0.15) is 6.42 Å². The molecule has 0 fully saturated rings. The molecule has 0 heterocycles. The largest absolute Gasteiger partial charge is 0.0837 e. The molecule has 50 valence electrons. The fourth-order valence-corrected chi connectivity index (χ4v) is 1.51. The molecule has 0 saturated heterocycles. The molecule has 0 bridgehead atoms. The highest BCUT2D eigenvalue weighted by molar-refractivity contribution is 6.30. The monoisotopic (exact) mass is 150 g/mol. The van der Waals surface area contributed by atoms with Crippen LogP contribution in [0.25, 0.3) is 12.2 Å². The molecular weight excluding hydrogens is 144 g/mol. The maximum atomic E-state index is 5.92. The van der Waals surface area contributed by atoms with Crippen molar-refractivity contribution in [2.45, 2.75) is 6.42 Å². The smallest absolute Gasteiger partial charge is 0.0481 e. The van der Waals surface area contributed by atoms with Crippen LogP contribution in [0.5, 0.6) is 0 Å². The lowest BCUT2D eigenvalue weighted by Crippen LogP contribution is -2.21. The van der Waals surface area contributed by atoms with Gasteiger partial charge in [-0.15, -0.1) is 0 Å². The molecule has 1 aliphatic rings. The average Bonchev–Trinajstić information content (AvgIpc) is 2.36. The molecule has 1 aromatic carbocycles. The molecule has 1 aliphatic carbocycles. The molecule has 2 rings (SSSR count). The molecule has 1 heteroatoms. The predicted molar refractivity (Wildman–Crippen MR) is 44.2 cm³/mol. The molecule has 0 atom stereocenters. The van der Waals surface area contributed by atoms with Crippen molar-refractivity contribution in [3.05, 3.63) is 33.7 Å². The van der Waals surface area contributed by atoms with Gasteiger partial charge in [-0.3, -0.25) is 0 Å². The van der Waals surface area contributed by atoms with E-state index in [0.717, 1.165) is 11.4 Å². The van der Waals surface area contributed by atoms with E-state index in [9.17, 15) is 0 Å². The van der Waals surface area contributed by atoms with E-state index in [1.165, 1.54) is 10.4 Å². The van der Waals surface area contributed by atoms with Crippen LogP contribution in [-0.2, 0) is 0 Å². The van der Waals surface area contributed by atoms with Gasteiger partial charge in [0, 0.05) is 5.02 Å². The summed E-state index contributed by atoms with van der Waals surface area (Å²) in [5.74, 6) is 0. The summed E-state index contributed by atoms with van der Waals surface area (Å²) in [6.45, 7) is 0. The van der Waals surface area contributed by atoms with Gasteiger partial charge >= 0.3 is 0 Å². The van der Waals surface area contributed by atoms with Gasteiger partial charge in [-0.1, -0.05) is 35.9 Å². The summed E-state index contributed by atoms with van der Waals surface area (Å²) in [6.07, 6.45) is 5.36. The average molecular weight is 151 g/mol. The van der Waals surface area contributed by atoms with E-state index >= 15 is 0 Å². The Balaban J connectivity index is 2.97. The zero-order valence-corrected chi connectivity index (χ0v) is 6.23. The number of halogens is 1. The predicted octanol–water partition coefficient (Wildman–Crippen LogP) is 1.30. The third-order valence-corrected chi connectivity index (χ3v) is 2.08. The van der Waals surface area contributed by atoms with E-state index in [1.807, 2.05) is 12.1 Å². The minimum atomic E-state index is 0.867. The van der Waals surface area contributed by atoms with Crippen molar-refractivity contribution in [3.63, 3.8) is 0 Å². The molecule has 0 unspecified atom stereocenters. The van der Waals surface area contributed by atoms with E-state index in [4.69, 9.17) is 11.6 Å². The normalized spacial score (nSPS) is 13.7. The minimum Gasteiger partial charge on any atom is -0.0837 e. The highest BCUT2D eigenvalue weighted by atomic mass is 35.5. The lowest BCUT2D eigenvalue weighted by Gasteiger charge is -1.87. The second-order valence-corrected chi connectivity index (χ2v) is 2.79. The summed E-state index contributed by atoms with van der Waals surface area (Å²) < 4.78 is 0. The van der Waals surface area contributed by atoms with Gasteiger partial charge in [0.25, 0.3) is 0 Å². The SMILES string of the molecule is Clc1cccc2c1=CCC=2. The number of fused-ring (bicyclic) bond motifs is 1. The van der Waals surface area contributed by atoms with Crippen molar-refractivity contribution in [1.29, 1.82) is 0 Å². The summed E-state index contributed by atoms with van der Waals surface area (Å²) in [7, 11) is 0. The van der Waals surface area contributed by atoms with Crippen LogP contribution >= 0.6 is 11.6 Å². The molecule has 0 spiro atoms. The van der Waals surface area contributed by atoms with Crippen LogP contribution in [0.4, 0.5) is 0 Å². The van der Waals surface area contributed by atoms with Crippen LogP contribution in [0.3, 0.4) is 0 Å². The first kappa shape index (κ1) is 5.99. The Labute approximate surface area is 64.4 Å². The van der Waals surface area contributed by atoms with E-state index in [2.05, 4.69) is 18.2 Å². The van der Waals surface area contributed by atoms with E-state index < -0.39 is 0 Å². The van der Waals surface area contributed by atoms with Crippen LogP contribution < -0.4 is 10.4 Å². The van der Waals surface area contributed by atoms with Gasteiger partial charge in [-0.05, 0) is 22.9 Å². The van der Waals surface area contributed by atoms with Crippen molar-refractivity contribution in [2.24, 2.45) is 0 Å². The van der Waals surface area contributed by atoms with Gasteiger partial charge < -0.3 is 0 Å². The quantitative estimate of drug-likeness (QED) is 0.523. The maximum Gasteiger partial charge on any atom is 0.0481 e. The maximum absolute atomic E-state index is 5.92. The Morgan fingerprint density at radius 2 is 2.10 bits per heavy atom. The highest BCUT2D eigenvalue weighted by Crippen LogP contribution is 1.99. The number of rotatable bonds is 0.